The maximum absolute atomic E-state index is 14.4. The summed E-state index contributed by atoms with van der Waals surface area (Å²) in [6, 6.07) is 11.9. The number of carbonyl (C=O) groups excluding carboxylic acids is 3. The van der Waals surface area contributed by atoms with Gasteiger partial charge in [-0.1, -0.05) is 36.1 Å². The number of nitrogens with zero attached hydrogens (tertiary/aromatic N) is 4. The van der Waals surface area contributed by atoms with Crippen molar-refractivity contribution in [2.75, 3.05) is 102 Å². The van der Waals surface area contributed by atoms with Crippen LogP contribution in [0.4, 0.5) is 11.4 Å². The van der Waals surface area contributed by atoms with Gasteiger partial charge in [0, 0.05) is 67.8 Å². The van der Waals surface area contributed by atoms with Gasteiger partial charge in [0.1, 0.15) is 25.2 Å². The van der Waals surface area contributed by atoms with Gasteiger partial charge in [0.25, 0.3) is 11.8 Å². The fourth-order valence-corrected chi connectivity index (χ4v) is 11.3. The zero-order valence-corrected chi connectivity index (χ0v) is 49.0. The van der Waals surface area contributed by atoms with Crippen LogP contribution in [-0.2, 0) is 46.4 Å². The number of amides is 3. The molecule has 0 spiro atoms. The second kappa shape index (κ2) is 30.1. The number of benzene rings is 3. The highest BCUT2D eigenvalue weighted by Crippen LogP contribution is 2.44. The van der Waals surface area contributed by atoms with E-state index in [-0.39, 0.29) is 62.6 Å². The molecule has 3 saturated heterocycles. The highest BCUT2D eigenvalue weighted by molar-refractivity contribution is 6.54. The quantitative estimate of drug-likeness (QED) is 0.0293. The number of hydrogen-bond donors (Lipinski definition) is 5. The van der Waals surface area contributed by atoms with E-state index in [2.05, 4.69) is 35.5 Å². The van der Waals surface area contributed by atoms with Gasteiger partial charge in [-0.2, -0.15) is 0 Å². The summed E-state index contributed by atoms with van der Waals surface area (Å²) in [5.41, 5.74) is 6.46. The van der Waals surface area contributed by atoms with Gasteiger partial charge in [0.15, 0.2) is 17.8 Å². The van der Waals surface area contributed by atoms with Gasteiger partial charge < -0.3 is 87.7 Å². The molecular weight excluding hydrogens is 1070 g/mol. The van der Waals surface area contributed by atoms with Crippen LogP contribution in [0.2, 0.25) is 20.5 Å². The summed E-state index contributed by atoms with van der Waals surface area (Å²) in [5, 5.41) is 37.6. The van der Waals surface area contributed by atoms with Crippen molar-refractivity contribution in [2.24, 2.45) is 0 Å². The molecule has 83 heavy (non-hydrogen) atoms. The summed E-state index contributed by atoms with van der Waals surface area (Å²) < 4.78 is 53.8. The molecule has 1 unspecified atom stereocenters. The summed E-state index contributed by atoms with van der Waals surface area (Å²) >= 11 is 0. The summed E-state index contributed by atoms with van der Waals surface area (Å²) in [6.45, 7) is 22.4. The number of rotatable bonds is 28. The molecule has 5 aliphatic heterocycles. The molecule has 0 aromatic heterocycles. The molecule has 446 valence electrons. The number of carbonyl (C=O) groups is 3. The predicted octanol–water partition coefficient (Wildman–Crippen LogP) is 4.45. The Hall–Kier alpha value is -6.10. The molecule has 3 amide bonds. The van der Waals surface area contributed by atoms with Crippen LogP contribution in [0.3, 0.4) is 0 Å². The van der Waals surface area contributed by atoms with Gasteiger partial charge in [0.05, 0.1) is 89.7 Å². The minimum Gasteiger partial charge on any atom is -0.493 e. The average molecular weight is 1150 g/mol. The lowest BCUT2D eigenvalue weighted by Crippen LogP contribution is -2.56. The third kappa shape index (κ3) is 16.4. The van der Waals surface area contributed by atoms with Crippen molar-refractivity contribution in [3.63, 3.8) is 0 Å². The maximum Gasteiger partial charge on any atom is 0.411 e. The Morgan fingerprint density at radius 3 is 1.93 bits per heavy atom. The highest BCUT2D eigenvalue weighted by Gasteiger charge is 2.48. The number of aryl methyl sites for hydroxylation is 1. The van der Waals surface area contributed by atoms with Gasteiger partial charge in [-0.25, -0.2) is 0 Å². The van der Waals surface area contributed by atoms with E-state index in [0.29, 0.717) is 143 Å². The van der Waals surface area contributed by atoms with E-state index in [0.717, 1.165) is 35.1 Å². The van der Waals surface area contributed by atoms with E-state index >= 15 is 0 Å². The van der Waals surface area contributed by atoms with Gasteiger partial charge in [0.2, 0.25) is 5.91 Å². The molecule has 0 aliphatic carbocycles. The first-order chi connectivity index (χ1) is 40.0. The smallest absolute Gasteiger partial charge is 0.411 e. The van der Waals surface area contributed by atoms with Crippen LogP contribution in [0.1, 0.15) is 88.4 Å². The Bertz CT molecular complexity index is 2830. The standard InChI is InChI=1S/C59H81B3N6O15/c1-39-26-48-42(4)67(61(6)73)49-34-54(53(75-8)32-47(49)58(71)65(48)35-39)82-38-45-30-43(12-11-15-63-55(69)14-18-76-20-22-78-24-25-79-23-21-77-19-16-64-60(5)72)29-44(31-45)37-81-52-33-50-46(28-41(52)3)57(70)66-36-40(2)27-51(66)59(68(50)62(7)74)83-56-13-9-10-17-80-56/h28-34,42,48,51,56,59,64,72-74H,1-2,9-10,13-27,35-38H2,3-8H3,(H,63,69)/t42-,48-,51-,56?,59-/m0/s1. The van der Waals surface area contributed by atoms with Crippen LogP contribution in [0.25, 0.3) is 0 Å². The summed E-state index contributed by atoms with van der Waals surface area (Å²) in [4.78, 5) is 48.6. The van der Waals surface area contributed by atoms with Crippen LogP contribution in [0.15, 0.2) is 66.8 Å². The van der Waals surface area contributed by atoms with E-state index in [4.69, 9.17) is 42.6 Å². The van der Waals surface area contributed by atoms with Crippen molar-refractivity contribution in [1.29, 1.82) is 0 Å². The van der Waals surface area contributed by atoms with E-state index in [1.54, 1.807) is 54.4 Å². The average Bonchev–Trinajstić information content (AvgIpc) is 3.72. The van der Waals surface area contributed by atoms with Gasteiger partial charge >= 0.3 is 21.2 Å². The second-order valence-corrected chi connectivity index (χ2v) is 21.7. The maximum atomic E-state index is 14.4. The highest BCUT2D eigenvalue weighted by atomic mass is 16.7. The van der Waals surface area contributed by atoms with E-state index in [1.807, 2.05) is 41.8 Å². The molecule has 3 aromatic carbocycles. The molecule has 8 rings (SSSR count). The van der Waals surface area contributed by atoms with Crippen molar-refractivity contribution >= 4 is 50.2 Å². The van der Waals surface area contributed by atoms with Gasteiger partial charge in [-0.3, -0.25) is 14.4 Å². The Morgan fingerprint density at radius 2 is 1.31 bits per heavy atom. The molecule has 0 saturated carbocycles. The third-order valence-corrected chi connectivity index (χ3v) is 15.3. The SMILES string of the molecule is C=C1C[C@H]2[C@H](C)N(B(C)O)c3cc(OCc4cc(C#CCNC(=O)CCOCCOCCOCCOCCNB(C)O)cc(COc5cc6c(cc5C)C(=O)N5CC(=C)C[C@H]5[C@H](OC5CCCCO5)N6B(C)O)c4)c(OC)cc3C(=O)N2C1. The zero-order chi connectivity index (χ0) is 59.2. The molecule has 5 N–H and O–H groups in total. The molecule has 5 atom stereocenters. The predicted molar refractivity (Wildman–Crippen MR) is 317 cm³/mol. The third-order valence-electron chi connectivity index (χ3n) is 15.3. The van der Waals surface area contributed by atoms with Gasteiger partial charge in [-0.05, 0) is 113 Å². The zero-order valence-electron chi connectivity index (χ0n) is 49.0. The lowest BCUT2D eigenvalue weighted by Gasteiger charge is -2.40. The second-order valence-electron chi connectivity index (χ2n) is 21.7. The van der Waals surface area contributed by atoms with Crippen molar-refractivity contribution in [1.82, 2.24) is 20.3 Å². The van der Waals surface area contributed by atoms with Crippen LogP contribution in [0, 0.1) is 18.8 Å². The van der Waals surface area contributed by atoms with Crippen molar-refractivity contribution in [3.05, 3.63) is 100 Å². The van der Waals surface area contributed by atoms with Crippen molar-refractivity contribution in [3.8, 4) is 29.1 Å². The minimum absolute atomic E-state index is 0.0417. The molecule has 0 bridgehead atoms. The van der Waals surface area contributed by atoms with Crippen molar-refractivity contribution in [2.45, 2.75) is 117 Å². The number of fused-ring (bicyclic) bond motifs is 4. The van der Waals surface area contributed by atoms with Crippen molar-refractivity contribution < 1.29 is 72.1 Å². The number of ether oxygens (including phenoxy) is 9. The Labute approximate surface area is 489 Å². The fraction of sp³-hybridized carbons (Fsp3) is 0.542. The largest absolute Gasteiger partial charge is 0.493 e. The number of hydrogen-bond acceptors (Lipinski definition) is 18. The number of nitrogens with one attached hydrogen (secondary N) is 2. The fourth-order valence-electron chi connectivity index (χ4n) is 11.3. The minimum atomic E-state index is -1.05. The van der Waals surface area contributed by atoms with Gasteiger partial charge in [-0.15, -0.1) is 0 Å². The molecule has 3 fully saturated rings. The molecule has 3 aromatic rings. The van der Waals surface area contributed by atoms with Crippen LogP contribution < -0.4 is 34.4 Å². The van der Waals surface area contributed by atoms with Crippen LogP contribution >= 0.6 is 0 Å². The molecule has 5 aliphatic rings. The molecule has 0 radical (unpaired) electrons. The number of methoxy groups -OCH3 is 1. The Balaban J connectivity index is 0.961. The molecular formula is C59H81B3N6O15. The molecule has 24 heteroatoms. The van der Waals surface area contributed by atoms with Crippen LogP contribution in [0.5, 0.6) is 17.2 Å². The van der Waals surface area contributed by atoms with Crippen LogP contribution in [-0.4, -0.2) is 187 Å². The normalized spacial score (nSPS) is 20.2. The first-order valence-electron chi connectivity index (χ1n) is 28.9. The lowest BCUT2D eigenvalue weighted by atomic mass is 9.80. The first kappa shape index (κ1) is 62.9. The number of anilines is 2. The summed E-state index contributed by atoms with van der Waals surface area (Å²) in [6.07, 6.45) is 2.62. The van der Waals surface area contributed by atoms with E-state index < -0.39 is 39.7 Å². The Kier molecular flexibility index (Phi) is 22.8. The summed E-state index contributed by atoms with van der Waals surface area (Å²) in [7, 11) is -1.04. The van der Waals surface area contributed by atoms with E-state index in [9.17, 15) is 29.5 Å². The lowest BCUT2D eigenvalue weighted by molar-refractivity contribution is -0.194. The Morgan fingerprint density at radius 1 is 0.735 bits per heavy atom. The topological polar surface area (TPSA) is 232 Å². The monoisotopic (exact) mass is 1150 g/mol. The first-order valence-corrected chi connectivity index (χ1v) is 28.9. The molecule has 5 heterocycles. The van der Waals surface area contributed by atoms with E-state index in [1.165, 1.54) is 7.11 Å². The molecule has 21 nitrogen and oxygen atoms in total. The summed E-state index contributed by atoms with van der Waals surface area (Å²) in [5.74, 6) is 6.88.